The lowest BCUT2D eigenvalue weighted by molar-refractivity contribution is -0.197. The van der Waals surface area contributed by atoms with Gasteiger partial charge in [-0.05, 0) is 12.1 Å². The number of hydrogen-bond acceptors (Lipinski definition) is 6. The summed E-state index contributed by atoms with van der Waals surface area (Å²) in [6.07, 6.45) is -7.70. The van der Waals surface area contributed by atoms with Gasteiger partial charge in [-0.2, -0.15) is 21.6 Å². The molecule has 1 aromatic carbocycles. The number of ether oxygens (including phenoxy) is 2. The highest BCUT2D eigenvalue weighted by Gasteiger charge is 2.45. The number of hydrogen-bond donors (Lipinski definition) is 2. The van der Waals surface area contributed by atoms with E-state index < -0.39 is 40.2 Å². The minimum atomic E-state index is -5.20. The van der Waals surface area contributed by atoms with E-state index in [-0.39, 0.29) is 17.9 Å². The van der Waals surface area contributed by atoms with E-state index in [9.17, 15) is 31.2 Å². The van der Waals surface area contributed by atoms with Crippen LogP contribution in [-0.2, 0) is 19.6 Å². The standard InChI is InChI=1S/C14H15BF3NO7S/c1-2-5-25-13(21)19-10-4-3-8(6-9(10)15)12(20)26-11(14(16,17)18)7-27(22,23)24/h2-4,6,11H,1,5,7,15H2,(H,19,21)(H,22,23,24). The van der Waals surface area contributed by atoms with Crippen LogP contribution < -0.4 is 10.8 Å². The number of anilines is 1. The number of benzene rings is 1. The first-order chi connectivity index (χ1) is 12.3. The second-order valence-electron chi connectivity index (χ2n) is 5.23. The van der Waals surface area contributed by atoms with Gasteiger partial charge in [0.2, 0.25) is 6.10 Å². The molecule has 1 unspecified atom stereocenters. The largest absolute Gasteiger partial charge is 0.448 e. The van der Waals surface area contributed by atoms with Gasteiger partial charge in [-0.1, -0.05) is 24.2 Å². The van der Waals surface area contributed by atoms with Crippen molar-refractivity contribution in [2.24, 2.45) is 0 Å². The maximum Gasteiger partial charge on any atom is 0.426 e. The average molecular weight is 409 g/mol. The van der Waals surface area contributed by atoms with Crippen molar-refractivity contribution >= 4 is 41.2 Å². The van der Waals surface area contributed by atoms with Gasteiger partial charge in [-0.15, -0.1) is 0 Å². The molecule has 1 aromatic rings. The van der Waals surface area contributed by atoms with Gasteiger partial charge in [-0.25, -0.2) is 9.59 Å². The lowest BCUT2D eigenvalue weighted by Crippen LogP contribution is -2.39. The zero-order chi connectivity index (χ0) is 20.8. The third kappa shape index (κ3) is 7.70. The van der Waals surface area contributed by atoms with Crippen LogP contribution in [0.2, 0.25) is 0 Å². The van der Waals surface area contributed by atoms with Crippen LogP contribution in [0, 0.1) is 0 Å². The van der Waals surface area contributed by atoms with E-state index in [1.54, 1.807) is 0 Å². The summed E-state index contributed by atoms with van der Waals surface area (Å²) in [5.74, 6) is -3.28. The smallest absolute Gasteiger partial charge is 0.426 e. The maximum atomic E-state index is 12.8. The molecule has 0 radical (unpaired) electrons. The van der Waals surface area contributed by atoms with Crippen molar-refractivity contribution < 1.29 is 45.2 Å². The van der Waals surface area contributed by atoms with E-state index in [0.29, 0.717) is 5.46 Å². The monoisotopic (exact) mass is 409 g/mol. The Kier molecular flexibility index (Phi) is 7.42. The summed E-state index contributed by atoms with van der Waals surface area (Å²) >= 11 is 0. The number of carbonyl (C=O) groups excluding carboxylic acids is 2. The number of halogens is 3. The van der Waals surface area contributed by atoms with Crippen LogP contribution in [0.3, 0.4) is 0 Å². The molecule has 148 valence electrons. The van der Waals surface area contributed by atoms with Gasteiger partial charge in [0.05, 0.1) is 5.56 Å². The predicted octanol–water partition coefficient (Wildman–Crippen LogP) is 0.655. The van der Waals surface area contributed by atoms with Gasteiger partial charge in [0.1, 0.15) is 20.2 Å². The van der Waals surface area contributed by atoms with Crippen molar-refractivity contribution in [3.63, 3.8) is 0 Å². The summed E-state index contributed by atoms with van der Waals surface area (Å²) in [5, 5.41) is 2.35. The Morgan fingerprint density at radius 3 is 2.48 bits per heavy atom. The topological polar surface area (TPSA) is 119 Å². The minimum absolute atomic E-state index is 0.0398. The fraction of sp³-hybridized carbons (Fsp3) is 0.286. The van der Waals surface area contributed by atoms with E-state index in [4.69, 9.17) is 9.29 Å². The molecule has 13 heteroatoms. The molecule has 2 N–H and O–H groups in total. The molecule has 0 fully saturated rings. The molecule has 0 spiro atoms. The molecule has 0 saturated carbocycles. The molecule has 1 rings (SSSR count). The quantitative estimate of drug-likeness (QED) is 0.294. The summed E-state index contributed by atoms with van der Waals surface area (Å²) in [7, 11) is -3.58. The number of rotatable bonds is 7. The summed E-state index contributed by atoms with van der Waals surface area (Å²) < 4.78 is 77.2. The van der Waals surface area contributed by atoms with Crippen LogP contribution >= 0.6 is 0 Å². The van der Waals surface area contributed by atoms with E-state index >= 15 is 0 Å². The van der Waals surface area contributed by atoms with Gasteiger partial charge in [0.15, 0.2) is 0 Å². The van der Waals surface area contributed by atoms with Crippen LogP contribution in [0.15, 0.2) is 30.9 Å². The minimum Gasteiger partial charge on any atom is -0.448 e. The maximum absolute atomic E-state index is 12.8. The molecule has 0 bridgehead atoms. The highest BCUT2D eigenvalue weighted by atomic mass is 32.2. The molecule has 8 nitrogen and oxygen atoms in total. The highest BCUT2D eigenvalue weighted by Crippen LogP contribution is 2.25. The summed E-state index contributed by atoms with van der Waals surface area (Å²) in [5.41, 5.74) is 0.214. The molecule has 1 atom stereocenters. The molecule has 0 aromatic heterocycles. The van der Waals surface area contributed by atoms with Crippen LogP contribution in [0.4, 0.5) is 23.7 Å². The predicted molar refractivity (Wildman–Crippen MR) is 91.5 cm³/mol. The molecular weight excluding hydrogens is 394 g/mol. The Labute approximate surface area is 153 Å². The van der Waals surface area contributed by atoms with Crippen molar-refractivity contribution in [1.29, 1.82) is 0 Å². The summed E-state index contributed by atoms with van der Waals surface area (Å²) in [4.78, 5) is 23.3. The number of carbonyl (C=O) groups is 2. The molecule has 0 aliphatic carbocycles. The van der Waals surface area contributed by atoms with Gasteiger partial charge in [0.25, 0.3) is 10.1 Å². The van der Waals surface area contributed by atoms with Crippen molar-refractivity contribution in [1.82, 2.24) is 0 Å². The van der Waals surface area contributed by atoms with Crippen molar-refractivity contribution in [3.8, 4) is 0 Å². The van der Waals surface area contributed by atoms with Crippen molar-refractivity contribution in [2.75, 3.05) is 17.7 Å². The van der Waals surface area contributed by atoms with E-state index in [1.807, 2.05) is 0 Å². The van der Waals surface area contributed by atoms with Gasteiger partial charge < -0.3 is 9.47 Å². The summed E-state index contributed by atoms with van der Waals surface area (Å²) in [6, 6.07) is 3.43. The van der Waals surface area contributed by atoms with E-state index in [2.05, 4.69) is 16.6 Å². The Morgan fingerprint density at radius 2 is 2.00 bits per heavy atom. The molecule has 1 amide bonds. The fourth-order valence-electron chi connectivity index (χ4n) is 1.80. The van der Waals surface area contributed by atoms with Crippen LogP contribution in [0.25, 0.3) is 0 Å². The van der Waals surface area contributed by atoms with Crippen LogP contribution in [-0.4, -0.2) is 57.5 Å². The van der Waals surface area contributed by atoms with E-state index in [0.717, 1.165) is 12.1 Å². The molecule has 0 aliphatic rings. The van der Waals surface area contributed by atoms with Gasteiger partial charge in [0, 0.05) is 5.69 Å². The molecule has 0 saturated heterocycles. The number of esters is 1. The first kappa shape index (κ1) is 22.5. The van der Waals surface area contributed by atoms with Gasteiger partial charge in [-0.3, -0.25) is 9.87 Å². The third-order valence-corrected chi connectivity index (χ3v) is 3.73. The Balaban J connectivity index is 2.92. The SMILES string of the molecule is Bc1cc(C(=O)OC(CS(=O)(=O)O)C(F)(F)F)ccc1NC(=O)OCC=C. The molecular formula is C14H15BF3NO7S. The molecule has 27 heavy (non-hydrogen) atoms. The van der Waals surface area contributed by atoms with E-state index in [1.165, 1.54) is 20.0 Å². The molecule has 0 heterocycles. The number of alkyl halides is 3. The summed E-state index contributed by atoms with van der Waals surface area (Å²) in [6.45, 7) is 3.32. The fourth-order valence-corrected chi connectivity index (χ4v) is 2.44. The average Bonchev–Trinajstić information content (AvgIpc) is 2.52. The second kappa shape index (κ2) is 8.91. The van der Waals surface area contributed by atoms with Crippen LogP contribution in [0.1, 0.15) is 10.4 Å². The zero-order valence-electron chi connectivity index (χ0n) is 13.9. The molecule has 0 aliphatic heterocycles. The third-order valence-electron chi connectivity index (χ3n) is 3.01. The lowest BCUT2D eigenvalue weighted by atomic mass is 9.92. The first-order valence-electron chi connectivity index (χ1n) is 7.21. The van der Waals surface area contributed by atoms with Crippen molar-refractivity contribution in [3.05, 3.63) is 36.4 Å². The second-order valence-corrected chi connectivity index (χ2v) is 6.72. The van der Waals surface area contributed by atoms with Crippen LogP contribution in [0.5, 0.6) is 0 Å². The van der Waals surface area contributed by atoms with Gasteiger partial charge >= 0.3 is 18.2 Å². The highest BCUT2D eigenvalue weighted by molar-refractivity contribution is 7.85. The zero-order valence-corrected chi connectivity index (χ0v) is 14.8. The van der Waals surface area contributed by atoms with Crippen molar-refractivity contribution in [2.45, 2.75) is 12.3 Å². The normalized spacial score (nSPS) is 12.7. The Morgan fingerprint density at radius 1 is 1.37 bits per heavy atom. The lowest BCUT2D eigenvalue weighted by Gasteiger charge is -2.19. The Hall–Kier alpha value is -2.54. The Bertz CT molecular complexity index is 826. The first-order valence-corrected chi connectivity index (χ1v) is 8.82. The number of amides is 1. The number of nitrogens with one attached hydrogen (secondary N) is 1.